The Kier molecular flexibility index (Phi) is 3.58. The number of rotatable bonds is 3. The van der Waals surface area contributed by atoms with Crippen molar-refractivity contribution >= 4 is 0 Å². The van der Waals surface area contributed by atoms with Crippen LogP contribution in [-0.4, -0.2) is 14.7 Å². The van der Waals surface area contributed by atoms with Gasteiger partial charge < -0.3 is 5.11 Å². The van der Waals surface area contributed by atoms with Crippen LogP contribution in [0, 0.1) is 13.8 Å². The molecule has 0 aliphatic heterocycles. The Morgan fingerprint density at radius 3 is 2.56 bits per heavy atom. The summed E-state index contributed by atoms with van der Waals surface area (Å²) in [5, 5.41) is 10.2. The molecule has 0 amide bonds. The molecule has 0 saturated heterocycles. The van der Waals surface area contributed by atoms with Crippen LogP contribution in [0.3, 0.4) is 0 Å². The molecule has 1 aromatic carbocycles. The topological polar surface area (TPSA) is 55.1 Å². The first-order valence-corrected chi connectivity index (χ1v) is 5.83. The number of hydrogen-bond donors (Lipinski definition) is 1. The summed E-state index contributed by atoms with van der Waals surface area (Å²) in [6.45, 7) is 4.19. The SMILES string of the molecule is Cc1cc(C)cc(C(O)Cn2cnccc2=O)c1. The van der Waals surface area contributed by atoms with Gasteiger partial charge in [0, 0.05) is 12.3 Å². The lowest BCUT2D eigenvalue weighted by molar-refractivity contribution is 0.154. The number of aryl methyl sites for hydroxylation is 2. The maximum Gasteiger partial charge on any atom is 0.253 e. The van der Waals surface area contributed by atoms with Crippen LogP contribution < -0.4 is 5.56 Å². The molecule has 2 rings (SSSR count). The lowest BCUT2D eigenvalue weighted by Crippen LogP contribution is -2.22. The van der Waals surface area contributed by atoms with E-state index in [0.29, 0.717) is 0 Å². The fraction of sp³-hybridized carbons (Fsp3) is 0.286. The lowest BCUT2D eigenvalue weighted by Gasteiger charge is -2.14. The van der Waals surface area contributed by atoms with Crippen molar-refractivity contribution < 1.29 is 5.11 Å². The average molecular weight is 244 g/mol. The van der Waals surface area contributed by atoms with E-state index in [9.17, 15) is 9.90 Å². The highest BCUT2D eigenvalue weighted by Gasteiger charge is 2.10. The van der Waals surface area contributed by atoms with Gasteiger partial charge in [-0.3, -0.25) is 9.36 Å². The predicted octanol–water partition coefficient (Wildman–Crippen LogP) is 1.59. The van der Waals surface area contributed by atoms with Crippen LogP contribution >= 0.6 is 0 Å². The molecule has 1 N–H and O–H groups in total. The highest BCUT2D eigenvalue weighted by Crippen LogP contribution is 2.17. The van der Waals surface area contributed by atoms with Crippen LogP contribution in [0.4, 0.5) is 0 Å². The second kappa shape index (κ2) is 5.14. The number of aliphatic hydroxyl groups excluding tert-OH is 1. The lowest BCUT2D eigenvalue weighted by atomic mass is 10.0. The molecule has 94 valence electrons. The predicted molar refractivity (Wildman–Crippen MR) is 69.4 cm³/mol. The van der Waals surface area contributed by atoms with Crippen LogP contribution in [0.1, 0.15) is 22.8 Å². The molecule has 0 aliphatic rings. The van der Waals surface area contributed by atoms with Gasteiger partial charge >= 0.3 is 0 Å². The minimum absolute atomic E-state index is 0.159. The van der Waals surface area contributed by atoms with Gasteiger partial charge in [-0.1, -0.05) is 29.3 Å². The molecule has 4 nitrogen and oxygen atoms in total. The van der Waals surface area contributed by atoms with Gasteiger partial charge in [-0.2, -0.15) is 0 Å². The zero-order valence-electron chi connectivity index (χ0n) is 10.5. The number of aliphatic hydroxyl groups is 1. The smallest absolute Gasteiger partial charge is 0.253 e. The van der Waals surface area contributed by atoms with E-state index in [1.807, 2.05) is 32.0 Å². The van der Waals surface area contributed by atoms with Crippen molar-refractivity contribution in [2.24, 2.45) is 0 Å². The van der Waals surface area contributed by atoms with E-state index >= 15 is 0 Å². The summed E-state index contributed by atoms with van der Waals surface area (Å²) in [5.41, 5.74) is 2.86. The standard InChI is InChI=1S/C14H16N2O2/c1-10-5-11(2)7-12(6-10)13(17)8-16-9-15-4-3-14(16)18/h3-7,9,13,17H,8H2,1-2H3. The van der Waals surface area contributed by atoms with E-state index in [0.717, 1.165) is 16.7 Å². The summed E-state index contributed by atoms with van der Waals surface area (Å²) < 4.78 is 1.41. The molecular formula is C14H16N2O2. The van der Waals surface area contributed by atoms with Crippen LogP contribution in [-0.2, 0) is 6.54 Å². The van der Waals surface area contributed by atoms with Crippen molar-refractivity contribution in [2.75, 3.05) is 0 Å². The van der Waals surface area contributed by atoms with E-state index in [4.69, 9.17) is 0 Å². The number of benzene rings is 1. The van der Waals surface area contributed by atoms with Crippen molar-refractivity contribution in [1.82, 2.24) is 9.55 Å². The van der Waals surface area contributed by atoms with Gasteiger partial charge in [0.2, 0.25) is 0 Å². The van der Waals surface area contributed by atoms with Crippen LogP contribution in [0.5, 0.6) is 0 Å². The Labute approximate surface area is 106 Å². The second-order valence-electron chi connectivity index (χ2n) is 4.51. The molecule has 0 radical (unpaired) electrons. The van der Waals surface area contributed by atoms with Gasteiger partial charge in [-0.15, -0.1) is 0 Å². The van der Waals surface area contributed by atoms with Crippen LogP contribution in [0.15, 0.2) is 41.6 Å². The normalized spacial score (nSPS) is 12.4. The third-order valence-electron chi connectivity index (χ3n) is 2.79. The minimum atomic E-state index is -0.703. The van der Waals surface area contributed by atoms with Crippen molar-refractivity contribution in [1.29, 1.82) is 0 Å². The van der Waals surface area contributed by atoms with Gasteiger partial charge in [-0.25, -0.2) is 4.98 Å². The van der Waals surface area contributed by atoms with Gasteiger partial charge in [0.05, 0.1) is 19.0 Å². The summed E-state index contributed by atoms with van der Waals surface area (Å²) in [4.78, 5) is 15.4. The van der Waals surface area contributed by atoms with Crippen LogP contribution in [0.2, 0.25) is 0 Å². The van der Waals surface area contributed by atoms with E-state index in [2.05, 4.69) is 4.98 Å². The van der Waals surface area contributed by atoms with Crippen molar-refractivity contribution in [3.8, 4) is 0 Å². The summed E-state index contributed by atoms with van der Waals surface area (Å²) in [7, 11) is 0. The molecule has 1 unspecified atom stereocenters. The van der Waals surface area contributed by atoms with Gasteiger partial charge in [0.25, 0.3) is 5.56 Å². The molecule has 0 bridgehead atoms. The fourth-order valence-corrected chi connectivity index (χ4v) is 2.01. The van der Waals surface area contributed by atoms with Gasteiger partial charge in [0.15, 0.2) is 0 Å². The summed E-state index contributed by atoms with van der Waals surface area (Å²) in [6.07, 6.45) is 2.18. The Hall–Kier alpha value is -1.94. The van der Waals surface area contributed by atoms with E-state index in [1.54, 1.807) is 0 Å². The zero-order chi connectivity index (χ0) is 13.1. The third kappa shape index (κ3) is 2.84. The quantitative estimate of drug-likeness (QED) is 0.892. The van der Waals surface area contributed by atoms with Gasteiger partial charge in [0.1, 0.15) is 0 Å². The highest BCUT2D eigenvalue weighted by atomic mass is 16.3. The first-order valence-electron chi connectivity index (χ1n) is 5.83. The fourth-order valence-electron chi connectivity index (χ4n) is 2.01. The Morgan fingerprint density at radius 2 is 1.94 bits per heavy atom. The van der Waals surface area contributed by atoms with Crippen LogP contribution in [0.25, 0.3) is 0 Å². The highest BCUT2D eigenvalue weighted by molar-refractivity contribution is 5.29. The Bertz CT molecular complexity index is 584. The second-order valence-corrected chi connectivity index (χ2v) is 4.51. The van der Waals surface area contributed by atoms with Crippen molar-refractivity contribution in [3.05, 3.63) is 63.8 Å². The molecule has 0 saturated carbocycles. The molecule has 4 heteroatoms. The molecule has 0 spiro atoms. The molecular weight excluding hydrogens is 228 g/mol. The maximum absolute atomic E-state index is 11.5. The first-order chi connectivity index (χ1) is 8.56. The number of hydrogen-bond acceptors (Lipinski definition) is 3. The molecule has 0 fully saturated rings. The maximum atomic E-state index is 11.5. The Balaban J connectivity index is 2.24. The monoisotopic (exact) mass is 244 g/mol. The third-order valence-corrected chi connectivity index (χ3v) is 2.79. The molecule has 1 atom stereocenters. The average Bonchev–Trinajstić information content (AvgIpc) is 2.31. The molecule has 0 aliphatic carbocycles. The van der Waals surface area contributed by atoms with E-state index in [-0.39, 0.29) is 12.1 Å². The summed E-state index contributed by atoms with van der Waals surface area (Å²) in [6, 6.07) is 7.29. The number of aromatic nitrogens is 2. The Morgan fingerprint density at radius 1 is 1.28 bits per heavy atom. The van der Waals surface area contributed by atoms with Gasteiger partial charge in [-0.05, 0) is 19.4 Å². The van der Waals surface area contributed by atoms with E-state index < -0.39 is 6.10 Å². The molecule has 2 aromatic rings. The molecule has 1 heterocycles. The summed E-state index contributed by atoms with van der Waals surface area (Å²) in [5.74, 6) is 0. The zero-order valence-corrected chi connectivity index (χ0v) is 10.5. The number of nitrogens with zero attached hydrogens (tertiary/aromatic N) is 2. The molecule has 18 heavy (non-hydrogen) atoms. The largest absolute Gasteiger partial charge is 0.387 e. The summed E-state index contributed by atoms with van der Waals surface area (Å²) >= 11 is 0. The van der Waals surface area contributed by atoms with Crippen molar-refractivity contribution in [2.45, 2.75) is 26.5 Å². The van der Waals surface area contributed by atoms with Crippen molar-refractivity contribution in [3.63, 3.8) is 0 Å². The minimum Gasteiger partial charge on any atom is -0.387 e. The molecule has 1 aromatic heterocycles. The first kappa shape index (κ1) is 12.5. The van der Waals surface area contributed by atoms with E-state index in [1.165, 1.54) is 23.2 Å².